The molecule has 6 heterocycles. The van der Waals surface area contributed by atoms with Crippen LogP contribution >= 0.6 is 0 Å². The van der Waals surface area contributed by atoms with Crippen molar-refractivity contribution in [3.63, 3.8) is 0 Å². The second-order valence-corrected chi connectivity index (χ2v) is 11.7. The highest BCUT2D eigenvalue weighted by molar-refractivity contribution is 6.11. The van der Waals surface area contributed by atoms with Crippen molar-refractivity contribution in [2.45, 2.75) is 44.7 Å². The van der Waals surface area contributed by atoms with Gasteiger partial charge in [-0.15, -0.1) is 0 Å². The average molecular weight is 532 g/mol. The molecule has 3 aromatic heterocycles. The molecule has 1 spiro atoms. The lowest BCUT2D eigenvalue weighted by molar-refractivity contribution is 0.187. The summed E-state index contributed by atoms with van der Waals surface area (Å²) in [5.74, 6) is 1.87. The Balaban J connectivity index is 1.00. The zero-order valence-corrected chi connectivity index (χ0v) is 22.8. The predicted molar refractivity (Wildman–Crippen MR) is 155 cm³/mol. The van der Waals surface area contributed by atoms with Gasteiger partial charge in [0.05, 0.1) is 41.7 Å². The molecule has 1 fully saturated rings. The zero-order valence-electron chi connectivity index (χ0n) is 22.8. The smallest absolute Gasteiger partial charge is 0.156 e. The molecule has 8 rings (SSSR count). The first kappa shape index (κ1) is 23.7. The molecule has 0 amide bonds. The number of rotatable bonds is 2. The largest absolute Gasteiger partial charge is 0.355 e. The lowest BCUT2D eigenvalue weighted by Gasteiger charge is -2.42. The number of pyridine rings is 1. The van der Waals surface area contributed by atoms with Crippen LogP contribution in [0.5, 0.6) is 0 Å². The molecule has 4 aromatic rings. The summed E-state index contributed by atoms with van der Waals surface area (Å²) in [5.41, 5.74) is 15.8. The number of piperidine rings is 1. The van der Waals surface area contributed by atoms with Crippen LogP contribution in [0.2, 0.25) is 0 Å². The van der Waals surface area contributed by atoms with Gasteiger partial charge >= 0.3 is 0 Å². The molecule has 3 aliphatic heterocycles. The van der Waals surface area contributed by atoms with E-state index in [4.69, 9.17) is 25.7 Å². The van der Waals surface area contributed by atoms with Crippen LogP contribution in [0.3, 0.4) is 0 Å². The maximum atomic E-state index is 6.80. The molecule has 0 bridgehead atoms. The van der Waals surface area contributed by atoms with E-state index < -0.39 is 0 Å². The van der Waals surface area contributed by atoms with Gasteiger partial charge in [-0.2, -0.15) is 5.10 Å². The van der Waals surface area contributed by atoms with E-state index in [0.29, 0.717) is 6.54 Å². The summed E-state index contributed by atoms with van der Waals surface area (Å²) in [7, 11) is 1.93. The van der Waals surface area contributed by atoms with Crippen LogP contribution in [-0.2, 0) is 26.4 Å². The number of anilines is 2. The maximum absolute atomic E-state index is 6.80. The standard InChI is InChI=1S/C31H33N9/c1-38-19-21(16-35-38)23-8-9-26-24(36-23)7-4-12-40(26)30-28-25(17-34-30)37-27(18-33-28)39-13-10-31(11-14-39)15-20-5-2-3-6-22(20)29(31)32/h2-3,5-6,8-9,16,18-19,29H,4,7,10-15,17,32H2,1H3/t29-/m0/s1. The molecule has 1 atom stereocenters. The Kier molecular flexibility index (Phi) is 5.32. The molecule has 1 aliphatic carbocycles. The molecule has 4 aliphatic rings. The van der Waals surface area contributed by atoms with E-state index in [1.807, 2.05) is 30.3 Å². The zero-order chi connectivity index (χ0) is 26.8. The quantitative estimate of drug-likeness (QED) is 0.420. The summed E-state index contributed by atoms with van der Waals surface area (Å²) >= 11 is 0. The number of hydrogen-bond donors (Lipinski definition) is 1. The van der Waals surface area contributed by atoms with Gasteiger partial charge in [0.25, 0.3) is 0 Å². The highest BCUT2D eigenvalue weighted by Crippen LogP contribution is 2.51. The highest BCUT2D eigenvalue weighted by Gasteiger charge is 2.46. The van der Waals surface area contributed by atoms with E-state index in [1.54, 1.807) is 0 Å². The Morgan fingerprint density at radius 2 is 1.85 bits per heavy atom. The van der Waals surface area contributed by atoms with Crippen LogP contribution in [0.1, 0.15) is 53.5 Å². The van der Waals surface area contributed by atoms with E-state index in [0.717, 1.165) is 97.4 Å². The lowest BCUT2D eigenvalue weighted by Crippen LogP contribution is -2.44. The van der Waals surface area contributed by atoms with Gasteiger partial charge in [0, 0.05) is 44.5 Å². The molecule has 0 saturated carbocycles. The number of fused-ring (bicyclic) bond motifs is 3. The van der Waals surface area contributed by atoms with Gasteiger partial charge in [-0.05, 0) is 60.8 Å². The van der Waals surface area contributed by atoms with Gasteiger partial charge < -0.3 is 15.5 Å². The van der Waals surface area contributed by atoms with Crippen LogP contribution in [0.15, 0.2) is 60.0 Å². The summed E-state index contributed by atoms with van der Waals surface area (Å²) in [6.45, 7) is 3.37. The van der Waals surface area contributed by atoms with E-state index in [1.165, 1.54) is 11.1 Å². The third-order valence-electron chi connectivity index (χ3n) is 9.39. The van der Waals surface area contributed by atoms with Crippen molar-refractivity contribution in [2.24, 2.45) is 23.2 Å². The topological polar surface area (TPSA) is 101 Å². The lowest BCUT2D eigenvalue weighted by atomic mass is 9.73. The van der Waals surface area contributed by atoms with Gasteiger partial charge in [-0.25, -0.2) is 9.97 Å². The number of hydrogen-bond acceptors (Lipinski definition) is 8. The molecular formula is C31H33N9. The van der Waals surface area contributed by atoms with Crippen LogP contribution in [0, 0.1) is 5.41 Å². The number of aromatic nitrogens is 5. The van der Waals surface area contributed by atoms with Crippen molar-refractivity contribution in [3.8, 4) is 11.3 Å². The van der Waals surface area contributed by atoms with E-state index >= 15 is 0 Å². The monoisotopic (exact) mass is 531 g/mol. The molecule has 2 N–H and O–H groups in total. The predicted octanol–water partition coefficient (Wildman–Crippen LogP) is 3.83. The molecule has 9 heteroatoms. The summed E-state index contributed by atoms with van der Waals surface area (Å²) in [6, 6.07) is 13.1. The average Bonchev–Trinajstić information content (AvgIpc) is 3.69. The van der Waals surface area contributed by atoms with Crippen molar-refractivity contribution < 1.29 is 0 Å². The molecule has 202 valence electrons. The number of nitrogens with two attached hydrogens (primary N) is 1. The van der Waals surface area contributed by atoms with Crippen LogP contribution in [0.25, 0.3) is 11.3 Å². The number of nitrogens with zero attached hydrogens (tertiary/aromatic N) is 8. The fraction of sp³-hybridized carbons (Fsp3) is 0.387. The van der Waals surface area contributed by atoms with Crippen molar-refractivity contribution in [2.75, 3.05) is 29.4 Å². The van der Waals surface area contributed by atoms with Gasteiger partial charge in [0.2, 0.25) is 0 Å². The minimum Gasteiger partial charge on any atom is -0.355 e. The third kappa shape index (κ3) is 3.67. The first-order valence-corrected chi connectivity index (χ1v) is 14.3. The Morgan fingerprint density at radius 1 is 0.975 bits per heavy atom. The van der Waals surface area contributed by atoms with Crippen molar-refractivity contribution in [1.29, 1.82) is 0 Å². The van der Waals surface area contributed by atoms with Gasteiger partial charge in [0.1, 0.15) is 11.5 Å². The number of aryl methyl sites for hydroxylation is 2. The summed E-state index contributed by atoms with van der Waals surface area (Å²) in [6.07, 6.45) is 11.0. The van der Waals surface area contributed by atoms with Crippen molar-refractivity contribution >= 4 is 17.3 Å². The fourth-order valence-electron chi connectivity index (χ4n) is 7.17. The Bertz CT molecular complexity index is 1650. The molecule has 40 heavy (non-hydrogen) atoms. The van der Waals surface area contributed by atoms with Crippen molar-refractivity contribution in [3.05, 3.63) is 83.2 Å². The molecule has 9 nitrogen and oxygen atoms in total. The number of amidine groups is 1. The Morgan fingerprint density at radius 3 is 2.67 bits per heavy atom. The molecule has 0 unspecified atom stereocenters. The number of benzene rings is 1. The minimum atomic E-state index is 0.121. The third-order valence-corrected chi connectivity index (χ3v) is 9.39. The first-order valence-electron chi connectivity index (χ1n) is 14.3. The maximum Gasteiger partial charge on any atom is 0.156 e. The molecule has 1 saturated heterocycles. The second kappa shape index (κ2) is 8.96. The van der Waals surface area contributed by atoms with Crippen LogP contribution < -0.4 is 15.5 Å². The first-order chi connectivity index (χ1) is 19.6. The highest BCUT2D eigenvalue weighted by atomic mass is 15.3. The van der Waals surface area contributed by atoms with E-state index in [9.17, 15) is 0 Å². The summed E-state index contributed by atoms with van der Waals surface area (Å²) in [5, 5.41) is 4.30. The Labute approximate surface area is 233 Å². The van der Waals surface area contributed by atoms with Crippen LogP contribution in [0.4, 0.5) is 11.5 Å². The molecule has 0 radical (unpaired) electrons. The van der Waals surface area contributed by atoms with Crippen LogP contribution in [-0.4, -0.2) is 50.2 Å². The van der Waals surface area contributed by atoms with Crippen molar-refractivity contribution in [1.82, 2.24) is 24.7 Å². The molecule has 1 aromatic carbocycles. The van der Waals surface area contributed by atoms with E-state index in [2.05, 4.69) is 51.3 Å². The number of aliphatic imine (C=N–C) groups is 1. The second-order valence-electron chi connectivity index (χ2n) is 11.7. The fourth-order valence-corrected chi connectivity index (χ4v) is 7.17. The van der Waals surface area contributed by atoms with Gasteiger partial charge in [-0.3, -0.25) is 14.7 Å². The minimum absolute atomic E-state index is 0.121. The van der Waals surface area contributed by atoms with E-state index in [-0.39, 0.29) is 11.5 Å². The summed E-state index contributed by atoms with van der Waals surface area (Å²) < 4.78 is 1.81. The normalized spacial score (nSPS) is 20.9. The SMILES string of the molecule is Cn1cc(-c2ccc3c(n2)CCCN3C2=NCc3nc(N4CCC5(CC4)Cc4ccccc4[C@@H]5N)cnc32)cn1. The van der Waals surface area contributed by atoms with Gasteiger partial charge in [0.15, 0.2) is 5.84 Å². The molecular weight excluding hydrogens is 498 g/mol. The Hall–Kier alpha value is -4.11. The summed E-state index contributed by atoms with van der Waals surface area (Å²) in [4.78, 5) is 24.6. The van der Waals surface area contributed by atoms with Gasteiger partial charge in [-0.1, -0.05) is 24.3 Å².